The second-order valence-corrected chi connectivity index (χ2v) is 4.99. The molecule has 0 atom stereocenters. The number of rotatable bonds is 5. The Morgan fingerprint density at radius 1 is 1.24 bits per heavy atom. The summed E-state index contributed by atoms with van der Waals surface area (Å²) in [6.45, 7) is 0.0851. The first-order valence-corrected chi connectivity index (χ1v) is 6.85. The Balaban J connectivity index is 2.08. The highest BCUT2D eigenvalue weighted by atomic mass is 35.5. The molecule has 0 aromatic heterocycles. The van der Waals surface area contributed by atoms with Crippen molar-refractivity contribution in [3.63, 3.8) is 0 Å². The van der Waals surface area contributed by atoms with E-state index in [0.29, 0.717) is 21.9 Å². The predicted octanol–water partition coefficient (Wildman–Crippen LogP) is 4.84. The summed E-state index contributed by atoms with van der Waals surface area (Å²) in [5.74, 6) is 0.114. The summed E-state index contributed by atoms with van der Waals surface area (Å²) >= 11 is 11.3. The summed E-state index contributed by atoms with van der Waals surface area (Å²) in [6, 6.07) is 11.4. The predicted molar refractivity (Wildman–Crippen MR) is 82.1 cm³/mol. The highest BCUT2D eigenvalue weighted by molar-refractivity contribution is 6.66. The second kappa shape index (κ2) is 7.25. The van der Waals surface area contributed by atoms with Crippen LogP contribution in [0, 0.1) is 5.82 Å². The Hall–Kier alpha value is -1.84. The fraction of sp³-hybridized carbons (Fsp3) is 0.0625. The molecule has 0 bridgehead atoms. The van der Waals surface area contributed by atoms with Crippen LogP contribution in [0.5, 0.6) is 5.75 Å². The minimum absolute atomic E-state index is 0.0851. The van der Waals surface area contributed by atoms with Gasteiger partial charge in [-0.25, -0.2) is 4.39 Å². The van der Waals surface area contributed by atoms with Gasteiger partial charge in [0, 0.05) is 5.56 Å². The van der Waals surface area contributed by atoms with E-state index in [2.05, 4.69) is 0 Å². The van der Waals surface area contributed by atoms with Gasteiger partial charge in [-0.2, -0.15) is 0 Å². The van der Waals surface area contributed by atoms with Crippen LogP contribution >= 0.6 is 23.2 Å². The molecule has 0 aliphatic heterocycles. The summed E-state index contributed by atoms with van der Waals surface area (Å²) in [5, 5.41) is -0.193. The lowest BCUT2D eigenvalue weighted by atomic mass is 10.2. The van der Waals surface area contributed by atoms with Gasteiger partial charge >= 0.3 is 0 Å². The molecule has 5 heteroatoms. The first kappa shape index (κ1) is 15.5. The number of hydrogen-bond acceptors (Lipinski definition) is 2. The van der Waals surface area contributed by atoms with Crippen LogP contribution in [-0.2, 0) is 11.4 Å². The van der Waals surface area contributed by atoms with Crippen LogP contribution in [0.4, 0.5) is 4.39 Å². The van der Waals surface area contributed by atoms with Crippen molar-refractivity contribution in [1.82, 2.24) is 0 Å². The zero-order valence-corrected chi connectivity index (χ0v) is 12.4. The van der Waals surface area contributed by atoms with Gasteiger partial charge in [-0.05, 0) is 41.4 Å². The van der Waals surface area contributed by atoms with Crippen molar-refractivity contribution < 1.29 is 13.9 Å². The van der Waals surface area contributed by atoms with Crippen LogP contribution in [0.15, 0.2) is 48.5 Å². The number of ether oxygens (including phenoxy) is 1. The van der Waals surface area contributed by atoms with E-state index in [1.807, 2.05) is 0 Å². The van der Waals surface area contributed by atoms with E-state index >= 15 is 0 Å². The minimum Gasteiger partial charge on any atom is -0.487 e. The second-order valence-electron chi connectivity index (χ2n) is 4.21. The molecule has 2 nitrogen and oxygen atoms in total. The number of hydrogen-bond donors (Lipinski definition) is 0. The van der Waals surface area contributed by atoms with E-state index in [1.165, 1.54) is 12.1 Å². The number of halogens is 3. The van der Waals surface area contributed by atoms with Crippen LogP contribution in [-0.4, -0.2) is 5.24 Å². The molecular weight excluding hydrogens is 314 g/mol. The highest BCUT2D eigenvalue weighted by Gasteiger charge is 2.05. The third kappa shape index (κ3) is 4.59. The van der Waals surface area contributed by atoms with Gasteiger partial charge in [-0.3, -0.25) is 4.79 Å². The van der Waals surface area contributed by atoms with E-state index in [-0.39, 0.29) is 12.4 Å². The number of allylic oxidation sites excluding steroid dienone is 1. The Labute approximate surface area is 131 Å². The third-order valence-electron chi connectivity index (χ3n) is 2.70. The largest absolute Gasteiger partial charge is 0.487 e. The van der Waals surface area contributed by atoms with Crippen molar-refractivity contribution >= 4 is 34.5 Å². The zero-order chi connectivity index (χ0) is 15.2. The van der Waals surface area contributed by atoms with E-state index in [9.17, 15) is 9.18 Å². The van der Waals surface area contributed by atoms with Crippen LogP contribution in [0.2, 0.25) is 5.02 Å². The molecule has 0 radical (unpaired) electrons. The van der Waals surface area contributed by atoms with Gasteiger partial charge in [0.1, 0.15) is 18.2 Å². The smallest absolute Gasteiger partial charge is 0.245 e. The molecule has 2 rings (SSSR count). The van der Waals surface area contributed by atoms with Gasteiger partial charge in [0.25, 0.3) is 0 Å². The molecule has 0 amide bonds. The number of carbonyl (C=O) groups is 1. The van der Waals surface area contributed by atoms with Gasteiger partial charge in [-0.15, -0.1) is 0 Å². The fourth-order valence-corrected chi connectivity index (χ4v) is 1.98. The molecule has 0 saturated carbocycles. The van der Waals surface area contributed by atoms with Gasteiger partial charge in [0.15, 0.2) is 0 Å². The maximum absolute atomic E-state index is 13.5. The highest BCUT2D eigenvalue weighted by Crippen LogP contribution is 2.27. The average molecular weight is 325 g/mol. The molecule has 2 aromatic rings. The van der Waals surface area contributed by atoms with Gasteiger partial charge in [0.2, 0.25) is 5.24 Å². The number of carbonyl (C=O) groups excluding carboxylic acids is 1. The van der Waals surface area contributed by atoms with Crippen molar-refractivity contribution in [3.05, 3.63) is 70.5 Å². The zero-order valence-electron chi connectivity index (χ0n) is 10.9. The standard InChI is InChI=1S/C16H11Cl2FO2/c17-13-9-11(6-8-16(18)20)5-7-15(13)21-10-12-3-1-2-4-14(12)19/h1-9H,10H2/b8-6+. The lowest BCUT2D eigenvalue weighted by molar-refractivity contribution is -0.107. The van der Waals surface area contributed by atoms with Crippen LogP contribution in [0.25, 0.3) is 6.08 Å². The summed E-state index contributed by atoms with van der Waals surface area (Å²) < 4.78 is 19.0. The molecule has 0 heterocycles. The van der Waals surface area contributed by atoms with Gasteiger partial charge in [0.05, 0.1) is 5.02 Å². The average Bonchev–Trinajstić information content (AvgIpc) is 2.45. The Kier molecular flexibility index (Phi) is 5.37. The summed E-state index contributed by atoms with van der Waals surface area (Å²) in [6.07, 6.45) is 2.77. The Morgan fingerprint density at radius 3 is 2.67 bits per heavy atom. The molecule has 0 aliphatic rings. The Morgan fingerprint density at radius 2 is 2.00 bits per heavy atom. The maximum atomic E-state index is 13.5. The van der Waals surface area contributed by atoms with Crippen LogP contribution in [0.3, 0.4) is 0 Å². The summed E-state index contributed by atoms with van der Waals surface area (Å²) in [7, 11) is 0. The van der Waals surface area contributed by atoms with Crippen LogP contribution in [0.1, 0.15) is 11.1 Å². The van der Waals surface area contributed by atoms with Crippen molar-refractivity contribution in [2.24, 2.45) is 0 Å². The molecule has 0 fully saturated rings. The van der Waals surface area contributed by atoms with E-state index in [1.54, 1.807) is 42.5 Å². The summed E-state index contributed by atoms with van der Waals surface area (Å²) in [4.78, 5) is 10.6. The molecule has 2 aromatic carbocycles. The molecule has 21 heavy (non-hydrogen) atoms. The minimum atomic E-state index is -0.564. The Bertz CT molecular complexity index is 684. The lowest BCUT2D eigenvalue weighted by Crippen LogP contribution is -1.98. The lowest BCUT2D eigenvalue weighted by Gasteiger charge is -2.09. The molecule has 108 valence electrons. The van der Waals surface area contributed by atoms with Crippen LogP contribution < -0.4 is 4.74 Å². The van der Waals surface area contributed by atoms with E-state index in [0.717, 1.165) is 0 Å². The van der Waals surface area contributed by atoms with Gasteiger partial charge in [-0.1, -0.05) is 41.9 Å². The fourth-order valence-electron chi connectivity index (χ4n) is 1.67. The maximum Gasteiger partial charge on any atom is 0.245 e. The normalized spacial score (nSPS) is 10.8. The monoisotopic (exact) mass is 324 g/mol. The molecule has 0 aliphatic carbocycles. The van der Waals surface area contributed by atoms with E-state index < -0.39 is 5.24 Å². The SMILES string of the molecule is O=C(Cl)/C=C/c1ccc(OCc2ccccc2F)c(Cl)c1. The summed E-state index contributed by atoms with van der Waals surface area (Å²) in [5.41, 5.74) is 1.16. The molecule has 0 N–H and O–H groups in total. The molecule has 0 spiro atoms. The molecule has 0 saturated heterocycles. The quantitative estimate of drug-likeness (QED) is 0.581. The van der Waals surface area contributed by atoms with Crippen molar-refractivity contribution in [2.75, 3.05) is 0 Å². The van der Waals surface area contributed by atoms with Crippen molar-refractivity contribution in [1.29, 1.82) is 0 Å². The van der Waals surface area contributed by atoms with Crippen molar-refractivity contribution in [2.45, 2.75) is 6.61 Å². The first-order chi connectivity index (χ1) is 10.1. The third-order valence-corrected chi connectivity index (χ3v) is 3.13. The first-order valence-electron chi connectivity index (χ1n) is 6.09. The molecular formula is C16H11Cl2FO2. The van der Waals surface area contributed by atoms with E-state index in [4.69, 9.17) is 27.9 Å². The molecule has 0 unspecified atom stereocenters. The topological polar surface area (TPSA) is 26.3 Å². The number of benzene rings is 2. The van der Waals surface area contributed by atoms with Gasteiger partial charge < -0.3 is 4.74 Å². The van der Waals surface area contributed by atoms with Crippen molar-refractivity contribution in [3.8, 4) is 5.75 Å².